The lowest BCUT2D eigenvalue weighted by Gasteiger charge is -2.01. The molecule has 0 saturated heterocycles. The van der Waals surface area contributed by atoms with Gasteiger partial charge in [-0.3, -0.25) is 4.55 Å². The summed E-state index contributed by atoms with van der Waals surface area (Å²) in [5, 5.41) is 1.00. The van der Waals surface area contributed by atoms with Gasteiger partial charge in [-0.15, -0.1) is 0 Å². The molecule has 18 heavy (non-hydrogen) atoms. The van der Waals surface area contributed by atoms with Crippen molar-refractivity contribution in [2.24, 2.45) is 0 Å². The number of aromatic nitrogens is 1. The van der Waals surface area contributed by atoms with E-state index in [0.717, 1.165) is 10.9 Å². The van der Waals surface area contributed by atoms with Crippen LogP contribution in [-0.4, -0.2) is 18.7 Å². The lowest BCUT2D eigenvalue weighted by atomic mass is 10.2. The molecule has 0 radical (unpaired) electrons. The summed E-state index contributed by atoms with van der Waals surface area (Å²) in [6.45, 7) is 0.529. The normalized spacial score (nSPS) is 11.8. The minimum absolute atomic E-state index is 0.231. The molecule has 6 heteroatoms. The predicted molar refractivity (Wildman–Crippen MR) is 69.6 cm³/mol. The van der Waals surface area contributed by atoms with Crippen LogP contribution in [0.15, 0.2) is 36.5 Å². The molecule has 1 aromatic carbocycles. The SMILES string of the molecule is Nc1ccc2c(ccc[n+]2CCCS(=O)(=O)O)c1. The van der Waals surface area contributed by atoms with Crippen LogP contribution in [0.2, 0.25) is 0 Å². The van der Waals surface area contributed by atoms with Gasteiger partial charge in [0.25, 0.3) is 10.1 Å². The van der Waals surface area contributed by atoms with Crippen LogP contribution in [0.5, 0.6) is 0 Å². The Kier molecular flexibility index (Phi) is 3.49. The third-order valence-corrected chi connectivity index (χ3v) is 3.51. The van der Waals surface area contributed by atoms with E-state index < -0.39 is 10.1 Å². The summed E-state index contributed by atoms with van der Waals surface area (Å²) < 4.78 is 32.0. The maximum Gasteiger partial charge on any atom is 0.265 e. The largest absolute Gasteiger partial charge is 0.399 e. The minimum Gasteiger partial charge on any atom is -0.399 e. The fraction of sp³-hybridized carbons (Fsp3) is 0.250. The van der Waals surface area contributed by atoms with Crippen molar-refractivity contribution in [2.45, 2.75) is 13.0 Å². The monoisotopic (exact) mass is 267 g/mol. The zero-order chi connectivity index (χ0) is 13.2. The van der Waals surface area contributed by atoms with Crippen molar-refractivity contribution in [1.29, 1.82) is 0 Å². The summed E-state index contributed by atoms with van der Waals surface area (Å²) in [5.74, 6) is -0.231. The summed E-state index contributed by atoms with van der Waals surface area (Å²) in [7, 11) is -3.89. The minimum atomic E-state index is -3.89. The Balaban J connectivity index is 2.23. The van der Waals surface area contributed by atoms with Crippen LogP contribution in [0.3, 0.4) is 0 Å². The molecule has 0 unspecified atom stereocenters. The average molecular weight is 267 g/mol. The van der Waals surface area contributed by atoms with Crippen LogP contribution in [0, 0.1) is 0 Å². The highest BCUT2D eigenvalue weighted by Crippen LogP contribution is 2.13. The van der Waals surface area contributed by atoms with Crippen molar-refractivity contribution in [3.8, 4) is 0 Å². The number of rotatable bonds is 4. The lowest BCUT2D eigenvalue weighted by molar-refractivity contribution is -0.671. The standard InChI is InChI=1S/C12H14N2O3S/c13-11-4-5-12-10(9-11)3-1-6-14(12)7-2-8-18(15,16)17/h1,3-6,9H,2,7-8,13H2/p+1. The molecule has 0 fully saturated rings. The number of hydrogen-bond acceptors (Lipinski definition) is 3. The smallest absolute Gasteiger partial charge is 0.265 e. The van der Waals surface area contributed by atoms with E-state index in [1.165, 1.54) is 0 Å². The number of benzene rings is 1. The van der Waals surface area contributed by atoms with Crippen molar-refractivity contribution in [2.75, 3.05) is 11.5 Å². The Bertz CT molecular complexity index is 668. The molecule has 0 spiro atoms. The van der Waals surface area contributed by atoms with Gasteiger partial charge in [0, 0.05) is 29.6 Å². The Morgan fingerprint density at radius 2 is 2.06 bits per heavy atom. The molecular weight excluding hydrogens is 252 g/mol. The van der Waals surface area contributed by atoms with Crippen molar-refractivity contribution in [1.82, 2.24) is 0 Å². The second kappa shape index (κ2) is 4.91. The first kappa shape index (κ1) is 12.8. The molecule has 5 nitrogen and oxygen atoms in total. The van der Waals surface area contributed by atoms with Crippen molar-refractivity contribution in [3.63, 3.8) is 0 Å². The number of hydrogen-bond donors (Lipinski definition) is 2. The second-order valence-corrected chi connectivity index (χ2v) is 5.73. The molecule has 0 bridgehead atoms. The van der Waals surface area contributed by atoms with Gasteiger partial charge in [-0.05, 0) is 18.2 Å². The molecule has 3 N–H and O–H groups in total. The molecule has 0 aliphatic heterocycles. The quantitative estimate of drug-likeness (QED) is 0.491. The average Bonchev–Trinajstić information content (AvgIpc) is 2.27. The number of pyridine rings is 1. The zero-order valence-corrected chi connectivity index (χ0v) is 10.6. The number of nitrogens with two attached hydrogens (primary N) is 1. The van der Waals surface area contributed by atoms with Crippen molar-refractivity contribution >= 4 is 26.7 Å². The summed E-state index contributed by atoms with van der Waals surface area (Å²) in [6.07, 6.45) is 2.25. The van der Waals surface area contributed by atoms with E-state index in [0.29, 0.717) is 18.7 Å². The highest BCUT2D eigenvalue weighted by atomic mass is 32.2. The summed E-state index contributed by atoms with van der Waals surface area (Å²) in [4.78, 5) is 0. The molecule has 2 aromatic rings. The van der Waals surface area contributed by atoms with Gasteiger partial charge in [0.15, 0.2) is 6.20 Å². The van der Waals surface area contributed by atoms with Crippen LogP contribution < -0.4 is 10.3 Å². The predicted octanol–water partition coefficient (Wildman–Crippen LogP) is 0.987. The van der Waals surface area contributed by atoms with Crippen LogP contribution in [-0.2, 0) is 16.7 Å². The van der Waals surface area contributed by atoms with Gasteiger partial charge >= 0.3 is 0 Å². The van der Waals surface area contributed by atoms with Gasteiger partial charge in [0.2, 0.25) is 5.52 Å². The van der Waals surface area contributed by atoms with Gasteiger partial charge in [-0.1, -0.05) is 0 Å². The topological polar surface area (TPSA) is 84.3 Å². The van der Waals surface area contributed by atoms with E-state index in [-0.39, 0.29) is 5.75 Å². The van der Waals surface area contributed by atoms with Crippen molar-refractivity contribution in [3.05, 3.63) is 36.5 Å². The Labute approximate surface area is 106 Å². The third-order valence-electron chi connectivity index (χ3n) is 2.70. The van der Waals surface area contributed by atoms with E-state index in [9.17, 15) is 8.42 Å². The molecule has 1 heterocycles. The Morgan fingerprint density at radius 3 is 2.78 bits per heavy atom. The summed E-state index contributed by atoms with van der Waals surface area (Å²) in [6, 6.07) is 9.41. The molecule has 96 valence electrons. The summed E-state index contributed by atoms with van der Waals surface area (Å²) >= 11 is 0. The molecular formula is C12H15N2O3S+. The van der Waals surface area contributed by atoms with Crippen molar-refractivity contribution < 1.29 is 17.5 Å². The highest BCUT2D eigenvalue weighted by molar-refractivity contribution is 7.85. The number of nitrogens with zero attached hydrogens (tertiary/aromatic N) is 1. The molecule has 0 saturated carbocycles. The molecule has 0 amide bonds. The summed E-state index contributed by atoms with van der Waals surface area (Å²) in [5.41, 5.74) is 7.39. The van der Waals surface area contributed by atoms with Gasteiger partial charge < -0.3 is 5.73 Å². The maximum absolute atomic E-state index is 10.7. The number of nitrogen functional groups attached to an aromatic ring is 1. The first-order valence-corrected chi connectivity index (χ1v) is 7.19. The highest BCUT2D eigenvalue weighted by Gasteiger charge is 2.10. The van der Waals surface area contributed by atoms with Gasteiger partial charge in [-0.2, -0.15) is 13.0 Å². The first-order chi connectivity index (χ1) is 8.46. The maximum atomic E-state index is 10.7. The van der Waals surface area contributed by atoms with Crippen LogP contribution in [0.4, 0.5) is 5.69 Å². The van der Waals surface area contributed by atoms with Gasteiger partial charge in [0.1, 0.15) is 6.54 Å². The number of anilines is 1. The molecule has 0 aliphatic rings. The fourth-order valence-corrected chi connectivity index (χ4v) is 2.41. The van der Waals surface area contributed by atoms with E-state index >= 15 is 0 Å². The van der Waals surface area contributed by atoms with Crippen LogP contribution >= 0.6 is 0 Å². The number of fused-ring (bicyclic) bond motifs is 1. The van der Waals surface area contributed by atoms with E-state index in [1.54, 1.807) is 0 Å². The fourth-order valence-electron chi connectivity index (χ4n) is 1.91. The molecule has 2 rings (SSSR count). The van der Waals surface area contributed by atoms with E-state index in [1.807, 2.05) is 41.1 Å². The lowest BCUT2D eigenvalue weighted by Crippen LogP contribution is -2.34. The second-order valence-electron chi connectivity index (χ2n) is 4.16. The Morgan fingerprint density at radius 1 is 1.28 bits per heavy atom. The van der Waals surface area contributed by atoms with Crippen LogP contribution in [0.25, 0.3) is 10.9 Å². The molecule has 0 aliphatic carbocycles. The van der Waals surface area contributed by atoms with Gasteiger partial charge in [-0.25, -0.2) is 0 Å². The zero-order valence-electron chi connectivity index (χ0n) is 9.78. The van der Waals surface area contributed by atoms with E-state index in [2.05, 4.69) is 0 Å². The molecule has 0 atom stereocenters. The third kappa shape index (κ3) is 3.18. The molecule has 1 aromatic heterocycles. The number of aryl methyl sites for hydroxylation is 1. The van der Waals surface area contributed by atoms with E-state index in [4.69, 9.17) is 10.3 Å². The van der Waals surface area contributed by atoms with Gasteiger partial charge in [0.05, 0.1) is 5.75 Å². The Hall–Kier alpha value is -1.66. The first-order valence-electron chi connectivity index (χ1n) is 5.58. The van der Waals surface area contributed by atoms with Crippen LogP contribution in [0.1, 0.15) is 6.42 Å².